The summed E-state index contributed by atoms with van der Waals surface area (Å²) in [5, 5.41) is 71.1. The summed E-state index contributed by atoms with van der Waals surface area (Å²) >= 11 is 0. The third-order valence-corrected chi connectivity index (χ3v) is 0. The van der Waals surface area contributed by atoms with Crippen LogP contribution in [0.3, 0.4) is 0 Å². The molecule has 0 heterocycles. The molecule has 36 heavy (non-hydrogen) atoms. The Kier molecular flexibility index (Phi) is 148. The molecule has 0 rings (SSSR count). The number of hydrogen-bond acceptors (Lipinski definition) is 16. The number of carboxylic acid groups (broad SMARTS) is 8. The minimum atomic E-state index is -1.08. The van der Waals surface area contributed by atoms with E-state index < -0.39 is 47.8 Å². The zero-order valence-electron chi connectivity index (χ0n) is 21.4. The smallest absolute Gasteiger partial charge is 0.550 e. The maximum atomic E-state index is 8.89. The van der Waals surface area contributed by atoms with Crippen LogP contribution in [0.15, 0.2) is 0 Å². The van der Waals surface area contributed by atoms with Gasteiger partial charge >= 0.3 is 77.9 Å². The van der Waals surface area contributed by atoms with Crippen molar-refractivity contribution in [2.24, 2.45) is 0 Å². The van der Waals surface area contributed by atoms with E-state index in [1.54, 1.807) is 0 Å². The van der Waals surface area contributed by atoms with Crippen molar-refractivity contribution in [2.75, 3.05) is 0 Å². The third-order valence-electron chi connectivity index (χ3n) is 0. The normalized spacial score (nSPS) is 5.56. The summed E-state index contributed by atoms with van der Waals surface area (Å²) in [6.07, 6.45) is 0. The second kappa shape index (κ2) is 69.9. The number of hydrogen-bond donors (Lipinski definition) is 0. The second-order valence-electron chi connectivity index (χ2n) is 3.93. The van der Waals surface area contributed by atoms with E-state index in [0.717, 1.165) is 55.4 Å². The first-order chi connectivity index (χ1) is 13.9. The van der Waals surface area contributed by atoms with Crippen molar-refractivity contribution in [3.05, 3.63) is 0 Å². The fourth-order valence-corrected chi connectivity index (χ4v) is 0. The van der Waals surface area contributed by atoms with Crippen LogP contribution in [0.1, 0.15) is 55.4 Å². The average molecular weight is 734 g/mol. The SMILES string of the molecule is CC(=O)[O-].CC(=O)[O-].CC(=O)[O-].CC(=O)[O-].CC(=O)[O-].CC(=O)[O-].CC(=O)[O-].CC(=O)[O-].[Zn+2].[Zn+2].[Zn+2].[Zn+2]. The summed E-state index contributed by atoms with van der Waals surface area (Å²) < 4.78 is 0. The van der Waals surface area contributed by atoms with Crippen LogP contribution >= 0.6 is 0 Å². The van der Waals surface area contributed by atoms with Crippen molar-refractivity contribution in [1.82, 2.24) is 0 Å². The monoisotopic (exact) mass is 728 g/mol. The molecule has 0 aliphatic rings. The van der Waals surface area contributed by atoms with Crippen LogP contribution in [-0.4, -0.2) is 47.8 Å². The minimum absolute atomic E-state index is 0. The van der Waals surface area contributed by atoms with Crippen molar-refractivity contribution in [1.29, 1.82) is 0 Å². The number of aliphatic carboxylic acids is 8. The Morgan fingerprint density at radius 2 is 0.250 bits per heavy atom. The van der Waals surface area contributed by atoms with Gasteiger partial charge in [-0.05, 0) is 55.4 Å². The third kappa shape index (κ3) is 10300. The van der Waals surface area contributed by atoms with Crippen molar-refractivity contribution in [3.63, 3.8) is 0 Å². The summed E-state index contributed by atoms with van der Waals surface area (Å²) in [6, 6.07) is 0. The predicted octanol–water partition coefficient (Wildman–Crippen LogP) is -9.96. The van der Waals surface area contributed by atoms with Gasteiger partial charge in [-0.2, -0.15) is 0 Å². The quantitative estimate of drug-likeness (QED) is 0.209. The van der Waals surface area contributed by atoms with Crippen LogP contribution in [0.2, 0.25) is 0 Å². The first-order valence-electron chi connectivity index (χ1n) is 7.27. The van der Waals surface area contributed by atoms with Gasteiger partial charge in [0, 0.05) is 47.8 Å². The van der Waals surface area contributed by atoms with Crippen LogP contribution in [0.4, 0.5) is 0 Å². The van der Waals surface area contributed by atoms with Gasteiger partial charge < -0.3 is 79.2 Å². The predicted molar refractivity (Wildman–Crippen MR) is 85.4 cm³/mol. The molecule has 0 bridgehead atoms. The zero-order valence-corrected chi connectivity index (χ0v) is 33.2. The Morgan fingerprint density at radius 3 is 0.250 bits per heavy atom. The van der Waals surface area contributed by atoms with Gasteiger partial charge in [-0.15, -0.1) is 0 Å². The van der Waals surface area contributed by atoms with E-state index in [9.17, 15) is 0 Å². The van der Waals surface area contributed by atoms with Gasteiger partial charge in [0.05, 0.1) is 0 Å². The average Bonchev–Trinajstić information content (AvgIpc) is 2.30. The Balaban J connectivity index is -0.0000000180. The summed E-state index contributed by atoms with van der Waals surface area (Å²) in [4.78, 5) is 71.1. The molecule has 0 atom stereocenters. The molecule has 0 aromatic rings. The van der Waals surface area contributed by atoms with Gasteiger partial charge in [0.2, 0.25) is 0 Å². The molecule has 0 unspecified atom stereocenters. The van der Waals surface area contributed by atoms with Gasteiger partial charge in [0.25, 0.3) is 0 Å². The first kappa shape index (κ1) is 76.5. The molecule has 0 N–H and O–H groups in total. The molecule has 0 saturated carbocycles. The van der Waals surface area contributed by atoms with Crippen molar-refractivity contribution < 1.29 is 157 Å². The molecule has 192 valence electrons. The maximum absolute atomic E-state index is 8.89. The molecule has 0 aliphatic heterocycles. The summed E-state index contributed by atoms with van der Waals surface area (Å²) in [7, 11) is 0. The van der Waals surface area contributed by atoms with Gasteiger partial charge in [0.15, 0.2) is 0 Å². The summed E-state index contributed by atoms with van der Waals surface area (Å²) in [5.74, 6) is -8.67. The van der Waals surface area contributed by atoms with Crippen LogP contribution in [-0.2, 0) is 116 Å². The van der Waals surface area contributed by atoms with E-state index >= 15 is 0 Å². The standard InChI is InChI=1S/8C2H4O2.4Zn/c8*1-2(3)4;;;;/h8*1H3,(H,3,4);;;;/q;;;;;;;;4*+2/p-8. The number of rotatable bonds is 0. The van der Waals surface area contributed by atoms with E-state index in [2.05, 4.69) is 0 Å². The zero-order chi connectivity index (χ0) is 28.6. The molecule has 0 aromatic carbocycles. The fraction of sp³-hybridized carbons (Fsp3) is 0.500. The van der Waals surface area contributed by atoms with Crippen molar-refractivity contribution >= 4 is 47.8 Å². The molecule has 0 spiro atoms. The van der Waals surface area contributed by atoms with E-state index in [1.807, 2.05) is 0 Å². The van der Waals surface area contributed by atoms with Crippen LogP contribution < -0.4 is 40.9 Å². The van der Waals surface area contributed by atoms with Gasteiger partial charge in [-0.3, -0.25) is 0 Å². The van der Waals surface area contributed by atoms with Crippen LogP contribution in [0, 0.1) is 0 Å². The molecule has 0 fully saturated rings. The van der Waals surface area contributed by atoms with Crippen molar-refractivity contribution in [2.45, 2.75) is 55.4 Å². The minimum Gasteiger partial charge on any atom is -0.550 e. The Bertz CT molecular complexity index is 378. The topological polar surface area (TPSA) is 321 Å². The Labute approximate surface area is 258 Å². The van der Waals surface area contributed by atoms with Crippen LogP contribution in [0.5, 0.6) is 0 Å². The molecule has 20 heteroatoms. The largest absolute Gasteiger partial charge is 2.00 e. The molecule has 0 amide bonds. The van der Waals surface area contributed by atoms with Gasteiger partial charge in [-0.25, -0.2) is 0 Å². The van der Waals surface area contributed by atoms with Gasteiger partial charge in [-0.1, -0.05) is 0 Å². The van der Waals surface area contributed by atoms with Crippen molar-refractivity contribution in [3.8, 4) is 0 Å². The molecule has 0 saturated heterocycles. The fourth-order valence-electron chi connectivity index (χ4n) is 0. The van der Waals surface area contributed by atoms with E-state index in [1.165, 1.54) is 0 Å². The first-order valence-corrected chi connectivity index (χ1v) is 7.27. The molecular weight excluding hydrogens is 710 g/mol. The molecule has 0 aliphatic carbocycles. The summed E-state index contributed by atoms with van der Waals surface area (Å²) in [5.41, 5.74) is 0. The number of carbonyl (C=O) groups excluding carboxylic acids is 8. The Morgan fingerprint density at radius 1 is 0.250 bits per heavy atom. The molecular formula is C16H24O16Zn4. The van der Waals surface area contributed by atoms with E-state index in [-0.39, 0.29) is 77.9 Å². The van der Waals surface area contributed by atoms with Gasteiger partial charge in [0.1, 0.15) is 0 Å². The number of carbonyl (C=O) groups is 8. The van der Waals surface area contributed by atoms with E-state index in [4.69, 9.17) is 79.2 Å². The van der Waals surface area contributed by atoms with E-state index in [0.29, 0.717) is 0 Å². The number of carboxylic acids is 8. The molecule has 0 aromatic heterocycles. The molecule has 0 radical (unpaired) electrons. The maximum Gasteiger partial charge on any atom is 2.00 e. The second-order valence-corrected chi connectivity index (χ2v) is 3.93. The Hall–Kier alpha value is -1.75. The molecule has 16 nitrogen and oxygen atoms in total. The summed E-state index contributed by atoms with van der Waals surface area (Å²) in [6.45, 7) is 7.78. The van der Waals surface area contributed by atoms with Crippen LogP contribution in [0.25, 0.3) is 0 Å².